The zero-order valence-corrected chi connectivity index (χ0v) is 19.2. The molecule has 1 unspecified atom stereocenters. The second-order valence-corrected chi connectivity index (χ2v) is 9.13. The van der Waals surface area contributed by atoms with Crippen LogP contribution in [0.4, 0.5) is 15.8 Å². The smallest absolute Gasteiger partial charge is 0.150 e. The van der Waals surface area contributed by atoms with E-state index in [1.807, 2.05) is 36.2 Å². The molecule has 0 amide bonds. The van der Waals surface area contributed by atoms with Crippen LogP contribution >= 0.6 is 0 Å². The fourth-order valence-electron chi connectivity index (χ4n) is 3.89. The van der Waals surface area contributed by atoms with Crippen LogP contribution in [0, 0.1) is 5.82 Å². The average Bonchev–Trinajstić information content (AvgIpc) is 3.04. The van der Waals surface area contributed by atoms with Crippen LogP contribution in [0.15, 0.2) is 65.6 Å². The standard InChI is InChI=1S/C25H28FN3O2S/c1-29(22-7-5-21(26)6-8-22)17-18-3-9-23(10-4-18)32(30)28-24-15-19-11-13-27-14-12-20(19)16-25(24)31-2/h3-10,15-16,27-28H,11-14,17H2,1-2H3. The fourth-order valence-corrected chi connectivity index (χ4v) is 4.75. The molecule has 3 aromatic carbocycles. The van der Waals surface area contributed by atoms with E-state index >= 15 is 0 Å². The minimum absolute atomic E-state index is 0.246. The van der Waals surface area contributed by atoms with Crippen molar-refractivity contribution in [2.45, 2.75) is 24.3 Å². The molecule has 0 radical (unpaired) electrons. The van der Waals surface area contributed by atoms with Gasteiger partial charge in [-0.3, -0.25) is 4.72 Å². The molecule has 3 aromatic rings. The zero-order chi connectivity index (χ0) is 22.5. The molecule has 32 heavy (non-hydrogen) atoms. The lowest BCUT2D eigenvalue weighted by atomic mass is 10.0. The van der Waals surface area contributed by atoms with Crippen LogP contribution in [0.5, 0.6) is 5.75 Å². The Labute approximate surface area is 191 Å². The summed E-state index contributed by atoms with van der Waals surface area (Å²) in [6.07, 6.45) is 1.90. The van der Waals surface area contributed by atoms with Crippen LogP contribution in [0.2, 0.25) is 0 Å². The molecular weight excluding hydrogens is 425 g/mol. The summed E-state index contributed by atoms with van der Waals surface area (Å²) in [6, 6.07) is 18.2. The van der Waals surface area contributed by atoms with Gasteiger partial charge in [-0.1, -0.05) is 12.1 Å². The van der Waals surface area contributed by atoms with Gasteiger partial charge in [-0.05, 0) is 91.2 Å². The molecule has 0 bridgehead atoms. The molecule has 1 heterocycles. The molecule has 0 saturated heterocycles. The van der Waals surface area contributed by atoms with Gasteiger partial charge in [0.1, 0.15) is 22.6 Å². The molecule has 0 aliphatic carbocycles. The molecule has 7 heteroatoms. The Balaban J connectivity index is 1.45. The second kappa shape index (κ2) is 10.1. The number of anilines is 2. The first-order valence-electron chi connectivity index (χ1n) is 10.7. The van der Waals surface area contributed by atoms with Gasteiger partial charge in [0.15, 0.2) is 0 Å². The Kier molecular flexibility index (Phi) is 7.07. The molecule has 0 spiro atoms. The number of nitrogens with one attached hydrogen (secondary N) is 2. The molecule has 0 saturated carbocycles. The van der Waals surface area contributed by atoms with Gasteiger partial charge < -0.3 is 15.0 Å². The maximum absolute atomic E-state index is 13.1. The van der Waals surface area contributed by atoms with Crippen LogP contribution in [0.1, 0.15) is 16.7 Å². The highest BCUT2D eigenvalue weighted by molar-refractivity contribution is 7.86. The van der Waals surface area contributed by atoms with Crippen molar-refractivity contribution in [3.8, 4) is 5.75 Å². The normalized spacial score (nSPS) is 14.2. The van der Waals surface area contributed by atoms with Gasteiger partial charge in [-0.15, -0.1) is 0 Å². The number of benzene rings is 3. The van der Waals surface area contributed by atoms with Gasteiger partial charge in [0, 0.05) is 19.3 Å². The summed E-state index contributed by atoms with van der Waals surface area (Å²) in [6.45, 7) is 2.56. The second-order valence-electron chi connectivity index (χ2n) is 7.92. The van der Waals surface area contributed by atoms with E-state index in [-0.39, 0.29) is 5.82 Å². The Morgan fingerprint density at radius 1 is 1.03 bits per heavy atom. The minimum Gasteiger partial charge on any atom is -0.495 e. The highest BCUT2D eigenvalue weighted by atomic mass is 32.2. The van der Waals surface area contributed by atoms with E-state index < -0.39 is 11.0 Å². The van der Waals surface area contributed by atoms with Crippen molar-refractivity contribution >= 4 is 22.4 Å². The van der Waals surface area contributed by atoms with Crippen LogP contribution < -0.4 is 19.7 Å². The van der Waals surface area contributed by atoms with Crippen molar-refractivity contribution in [2.24, 2.45) is 0 Å². The zero-order valence-electron chi connectivity index (χ0n) is 18.4. The first-order valence-corrected chi connectivity index (χ1v) is 11.8. The van der Waals surface area contributed by atoms with Crippen molar-refractivity contribution in [3.05, 3.63) is 83.2 Å². The highest BCUT2D eigenvalue weighted by Gasteiger charge is 2.15. The Morgan fingerprint density at radius 3 is 2.34 bits per heavy atom. The van der Waals surface area contributed by atoms with E-state index in [9.17, 15) is 8.60 Å². The molecule has 5 nitrogen and oxygen atoms in total. The summed E-state index contributed by atoms with van der Waals surface area (Å²) in [4.78, 5) is 2.73. The van der Waals surface area contributed by atoms with Gasteiger partial charge in [0.2, 0.25) is 0 Å². The number of rotatable bonds is 7. The summed E-state index contributed by atoms with van der Waals surface area (Å²) in [5.74, 6) is 0.459. The quantitative estimate of drug-likeness (QED) is 0.560. The predicted octanol–water partition coefficient (Wildman–Crippen LogP) is 4.29. The van der Waals surface area contributed by atoms with Crippen molar-refractivity contribution in [1.82, 2.24) is 5.32 Å². The van der Waals surface area contributed by atoms with Crippen LogP contribution in [0.3, 0.4) is 0 Å². The molecule has 2 N–H and O–H groups in total. The first-order chi connectivity index (χ1) is 15.5. The molecule has 1 aliphatic heterocycles. The third-order valence-electron chi connectivity index (χ3n) is 5.69. The van der Waals surface area contributed by atoms with E-state index in [0.717, 1.165) is 42.9 Å². The molecule has 1 aliphatic rings. The van der Waals surface area contributed by atoms with E-state index in [0.29, 0.717) is 17.2 Å². The summed E-state index contributed by atoms with van der Waals surface area (Å²) in [7, 11) is 2.18. The Hall–Kier alpha value is -2.90. The van der Waals surface area contributed by atoms with E-state index in [4.69, 9.17) is 4.74 Å². The number of nitrogens with zero attached hydrogens (tertiary/aromatic N) is 1. The minimum atomic E-state index is -1.41. The number of fused-ring (bicyclic) bond motifs is 1. The lowest BCUT2D eigenvalue weighted by Gasteiger charge is -2.19. The fraction of sp³-hybridized carbons (Fsp3) is 0.280. The van der Waals surface area contributed by atoms with E-state index in [1.165, 1.54) is 23.3 Å². The monoisotopic (exact) mass is 453 g/mol. The number of ether oxygens (including phenoxy) is 1. The Morgan fingerprint density at radius 2 is 1.69 bits per heavy atom. The van der Waals surface area contributed by atoms with Gasteiger partial charge in [0.05, 0.1) is 17.7 Å². The summed E-state index contributed by atoms with van der Waals surface area (Å²) < 4.78 is 34.8. The molecule has 4 rings (SSSR count). The van der Waals surface area contributed by atoms with E-state index in [1.54, 1.807) is 19.2 Å². The maximum atomic E-state index is 13.1. The first kappa shape index (κ1) is 22.3. The van der Waals surface area contributed by atoms with Crippen LogP contribution in [-0.2, 0) is 30.4 Å². The lowest BCUT2D eigenvalue weighted by molar-refractivity contribution is 0.416. The van der Waals surface area contributed by atoms with Crippen LogP contribution in [-0.4, -0.2) is 31.5 Å². The highest BCUT2D eigenvalue weighted by Crippen LogP contribution is 2.31. The SMILES string of the molecule is COc1cc2c(cc1NS(=O)c1ccc(CN(C)c3ccc(F)cc3)cc1)CCNCC2. The number of hydrogen-bond donors (Lipinski definition) is 2. The van der Waals surface area contributed by atoms with Crippen molar-refractivity contribution in [3.63, 3.8) is 0 Å². The molecule has 1 atom stereocenters. The average molecular weight is 454 g/mol. The predicted molar refractivity (Wildman–Crippen MR) is 128 cm³/mol. The lowest BCUT2D eigenvalue weighted by Crippen LogP contribution is -2.16. The largest absolute Gasteiger partial charge is 0.495 e. The van der Waals surface area contributed by atoms with Crippen molar-refractivity contribution < 1.29 is 13.3 Å². The van der Waals surface area contributed by atoms with Gasteiger partial charge in [-0.25, -0.2) is 8.60 Å². The Bertz CT molecular complexity index is 1090. The topological polar surface area (TPSA) is 53.6 Å². The summed E-state index contributed by atoms with van der Waals surface area (Å²) >= 11 is 0. The van der Waals surface area contributed by atoms with Gasteiger partial charge >= 0.3 is 0 Å². The van der Waals surface area contributed by atoms with Gasteiger partial charge in [0.25, 0.3) is 0 Å². The maximum Gasteiger partial charge on any atom is 0.150 e. The molecule has 0 fully saturated rings. The van der Waals surface area contributed by atoms with Crippen molar-refractivity contribution in [2.75, 3.05) is 36.9 Å². The molecule has 0 aromatic heterocycles. The third-order valence-corrected chi connectivity index (χ3v) is 6.80. The third kappa shape index (κ3) is 5.29. The number of methoxy groups -OCH3 is 1. The number of hydrogen-bond acceptors (Lipinski definition) is 4. The van der Waals surface area contributed by atoms with Crippen molar-refractivity contribution in [1.29, 1.82) is 0 Å². The molecule has 168 valence electrons. The van der Waals surface area contributed by atoms with Gasteiger partial charge in [-0.2, -0.15) is 0 Å². The summed E-state index contributed by atoms with van der Waals surface area (Å²) in [5.41, 5.74) is 5.29. The summed E-state index contributed by atoms with van der Waals surface area (Å²) in [5, 5.41) is 3.41. The van der Waals surface area contributed by atoms with Crippen LogP contribution in [0.25, 0.3) is 0 Å². The number of halogens is 1. The molecular formula is C25H28FN3O2S. The van der Waals surface area contributed by atoms with E-state index in [2.05, 4.69) is 22.2 Å².